The SMILES string of the molecule is CNc1cc(C)ncc1C(=O)N(C)CC1CCCCC1. The molecule has 0 bridgehead atoms. The van der Waals surface area contributed by atoms with Crippen molar-refractivity contribution in [2.75, 3.05) is 26.0 Å². The van der Waals surface area contributed by atoms with Crippen molar-refractivity contribution in [2.24, 2.45) is 5.92 Å². The molecule has 0 saturated heterocycles. The van der Waals surface area contributed by atoms with E-state index in [2.05, 4.69) is 10.3 Å². The average Bonchev–Trinajstić information content (AvgIpc) is 2.47. The first-order valence-electron chi connectivity index (χ1n) is 7.51. The topological polar surface area (TPSA) is 45.2 Å². The number of carbonyl (C=O) groups is 1. The molecule has 1 aliphatic rings. The number of aryl methyl sites for hydroxylation is 1. The number of nitrogens with one attached hydrogen (secondary N) is 1. The van der Waals surface area contributed by atoms with Gasteiger partial charge in [-0.15, -0.1) is 0 Å². The van der Waals surface area contributed by atoms with E-state index in [-0.39, 0.29) is 5.91 Å². The van der Waals surface area contributed by atoms with Crippen LogP contribution in [0.25, 0.3) is 0 Å². The molecule has 0 unspecified atom stereocenters. The summed E-state index contributed by atoms with van der Waals surface area (Å²) in [7, 11) is 3.74. The molecular weight excluding hydrogens is 250 g/mol. The highest BCUT2D eigenvalue weighted by Crippen LogP contribution is 2.25. The van der Waals surface area contributed by atoms with Crippen molar-refractivity contribution < 1.29 is 4.79 Å². The lowest BCUT2D eigenvalue weighted by atomic mass is 9.89. The van der Waals surface area contributed by atoms with Crippen LogP contribution in [0.2, 0.25) is 0 Å². The Morgan fingerprint density at radius 2 is 2.10 bits per heavy atom. The van der Waals surface area contributed by atoms with Crippen LogP contribution in [0, 0.1) is 12.8 Å². The molecule has 1 aromatic rings. The molecule has 0 spiro atoms. The van der Waals surface area contributed by atoms with Crippen LogP contribution in [0.15, 0.2) is 12.3 Å². The second kappa shape index (κ2) is 6.73. The van der Waals surface area contributed by atoms with Gasteiger partial charge < -0.3 is 10.2 Å². The Morgan fingerprint density at radius 1 is 1.40 bits per heavy atom. The van der Waals surface area contributed by atoms with Crippen LogP contribution in [0.3, 0.4) is 0 Å². The molecular formula is C16H25N3O. The van der Waals surface area contributed by atoms with Gasteiger partial charge in [0.1, 0.15) is 0 Å². The Balaban J connectivity index is 2.05. The number of hydrogen-bond donors (Lipinski definition) is 1. The number of pyridine rings is 1. The van der Waals surface area contributed by atoms with E-state index in [0.717, 1.165) is 17.9 Å². The quantitative estimate of drug-likeness (QED) is 0.918. The van der Waals surface area contributed by atoms with Gasteiger partial charge in [-0.05, 0) is 31.7 Å². The molecule has 1 aliphatic carbocycles. The summed E-state index contributed by atoms with van der Waals surface area (Å²) in [5, 5.41) is 3.09. The molecule has 1 aromatic heterocycles. The van der Waals surface area contributed by atoms with Gasteiger partial charge in [-0.1, -0.05) is 19.3 Å². The molecule has 4 nitrogen and oxygen atoms in total. The average molecular weight is 275 g/mol. The van der Waals surface area contributed by atoms with Crippen LogP contribution in [0.5, 0.6) is 0 Å². The smallest absolute Gasteiger partial charge is 0.257 e. The normalized spacial score (nSPS) is 15.9. The standard InChI is InChI=1S/C16H25N3O/c1-12-9-15(17-2)14(10-18-12)16(20)19(3)11-13-7-5-4-6-8-13/h9-10,13H,4-8,11H2,1-3H3,(H,17,18). The highest BCUT2D eigenvalue weighted by molar-refractivity contribution is 5.99. The summed E-state index contributed by atoms with van der Waals surface area (Å²) >= 11 is 0. The van der Waals surface area contributed by atoms with Gasteiger partial charge >= 0.3 is 0 Å². The number of rotatable bonds is 4. The van der Waals surface area contributed by atoms with E-state index in [9.17, 15) is 4.79 Å². The number of carbonyl (C=O) groups excluding carboxylic acids is 1. The van der Waals surface area contributed by atoms with E-state index in [4.69, 9.17) is 0 Å². The molecule has 4 heteroatoms. The molecule has 0 atom stereocenters. The maximum Gasteiger partial charge on any atom is 0.257 e. The first-order chi connectivity index (χ1) is 9.61. The van der Waals surface area contributed by atoms with Gasteiger partial charge in [-0.2, -0.15) is 0 Å². The van der Waals surface area contributed by atoms with Crippen LogP contribution >= 0.6 is 0 Å². The molecule has 2 rings (SSSR count). The predicted octanol–water partition coefficient (Wildman–Crippen LogP) is 3.08. The van der Waals surface area contributed by atoms with Gasteiger partial charge in [0, 0.05) is 32.5 Å². The number of amides is 1. The second-order valence-corrected chi connectivity index (χ2v) is 5.81. The van der Waals surface area contributed by atoms with Gasteiger partial charge in [0.05, 0.1) is 11.3 Å². The molecule has 0 radical (unpaired) electrons. The van der Waals surface area contributed by atoms with Crippen molar-refractivity contribution in [3.8, 4) is 0 Å². The monoisotopic (exact) mass is 275 g/mol. The fourth-order valence-electron chi connectivity index (χ4n) is 2.98. The highest BCUT2D eigenvalue weighted by atomic mass is 16.2. The summed E-state index contributed by atoms with van der Waals surface area (Å²) in [6.07, 6.45) is 8.15. The zero-order valence-corrected chi connectivity index (χ0v) is 12.8. The summed E-state index contributed by atoms with van der Waals surface area (Å²) in [5.41, 5.74) is 2.44. The van der Waals surface area contributed by atoms with Crippen molar-refractivity contribution in [2.45, 2.75) is 39.0 Å². The third-order valence-electron chi connectivity index (χ3n) is 4.14. The molecule has 0 aromatic carbocycles. The van der Waals surface area contributed by atoms with Crippen molar-refractivity contribution in [3.05, 3.63) is 23.5 Å². The predicted molar refractivity (Wildman–Crippen MR) is 82.1 cm³/mol. The molecule has 20 heavy (non-hydrogen) atoms. The molecule has 1 fully saturated rings. The molecule has 1 heterocycles. The van der Waals surface area contributed by atoms with Gasteiger partial charge in [-0.3, -0.25) is 9.78 Å². The number of aromatic nitrogens is 1. The van der Waals surface area contributed by atoms with Crippen molar-refractivity contribution >= 4 is 11.6 Å². The van der Waals surface area contributed by atoms with E-state index in [0.29, 0.717) is 11.5 Å². The number of anilines is 1. The first kappa shape index (κ1) is 14.8. The van der Waals surface area contributed by atoms with Crippen LogP contribution in [-0.4, -0.2) is 36.4 Å². The Hall–Kier alpha value is -1.58. The molecule has 1 saturated carbocycles. The van der Waals surface area contributed by atoms with Crippen LogP contribution in [0.4, 0.5) is 5.69 Å². The second-order valence-electron chi connectivity index (χ2n) is 5.81. The minimum Gasteiger partial charge on any atom is -0.387 e. The van der Waals surface area contributed by atoms with Crippen LogP contribution < -0.4 is 5.32 Å². The van der Waals surface area contributed by atoms with E-state index < -0.39 is 0 Å². The fraction of sp³-hybridized carbons (Fsp3) is 0.625. The Bertz CT molecular complexity index is 467. The van der Waals surface area contributed by atoms with Gasteiger partial charge in [-0.25, -0.2) is 0 Å². The van der Waals surface area contributed by atoms with Gasteiger partial charge in [0.25, 0.3) is 5.91 Å². The fourth-order valence-corrected chi connectivity index (χ4v) is 2.98. The summed E-state index contributed by atoms with van der Waals surface area (Å²) in [6.45, 7) is 2.79. The van der Waals surface area contributed by atoms with Gasteiger partial charge in [0.15, 0.2) is 0 Å². The van der Waals surface area contributed by atoms with Crippen molar-refractivity contribution in [1.29, 1.82) is 0 Å². The maximum atomic E-state index is 12.6. The van der Waals surface area contributed by atoms with E-state index in [1.54, 1.807) is 6.20 Å². The van der Waals surface area contributed by atoms with E-state index in [1.165, 1.54) is 32.1 Å². The zero-order valence-electron chi connectivity index (χ0n) is 12.8. The van der Waals surface area contributed by atoms with E-state index in [1.807, 2.05) is 32.0 Å². The lowest BCUT2D eigenvalue weighted by Gasteiger charge is -2.27. The lowest BCUT2D eigenvalue weighted by Crippen LogP contribution is -2.33. The largest absolute Gasteiger partial charge is 0.387 e. The van der Waals surface area contributed by atoms with Crippen molar-refractivity contribution in [1.82, 2.24) is 9.88 Å². The Morgan fingerprint density at radius 3 is 2.75 bits per heavy atom. The summed E-state index contributed by atoms with van der Waals surface area (Å²) in [6, 6.07) is 1.92. The van der Waals surface area contributed by atoms with E-state index >= 15 is 0 Å². The zero-order chi connectivity index (χ0) is 14.5. The van der Waals surface area contributed by atoms with Crippen LogP contribution in [-0.2, 0) is 0 Å². The highest BCUT2D eigenvalue weighted by Gasteiger charge is 2.21. The lowest BCUT2D eigenvalue weighted by molar-refractivity contribution is 0.0761. The third kappa shape index (κ3) is 3.50. The first-order valence-corrected chi connectivity index (χ1v) is 7.51. The minimum absolute atomic E-state index is 0.0624. The maximum absolute atomic E-state index is 12.6. The molecule has 110 valence electrons. The number of hydrogen-bond acceptors (Lipinski definition) is 3. The van der Waals surface area contributed by atoms with Crippen LogP contribution in [0.1, 0.15) is 48.2 Å². The molecule has 0 aliphatic heterocycles. The van der Waals surface area contributed by atoms with Gasteiger partial charge in [0.2, 0.25) is 0 Å². The van der Waals surface area contributed by atoms with Crippen molar-refractivity contribution in [3.63, 3.8) is 0 Å². The summed E-state index contributed by atoms with van der Waals surface area (Å²) < 4.78 is 0. The minimum atomic E-state index is 0.0624. The third-order valence-corrected chi connectivity index (χ3v) is 4.14. The molecule has 1 amide bonds. The Kier molecular flexibility index (Phi) is 4.99. The summed E-state index contributed by atoms with van der Waals surface area (Å²) in [5.74, 6) is 0.724. The number of nitrogens with zero attached hydrogens (tertiary/aromatic N) is 2. The molecule has 1 N–H and O–H groups in total. The summed E-state index contributed by atoms with van der Waals surface area (Å²) in [4.78, 5) is 18.7. The Labute approximate surface area is 121 Å².